The number of rotatable bonds is 7. The van der Waals surface area contributed by atoms with Gasteiger partial charge in [-0.15, -0.1) is 0 Å². The molecule has 0 aliphatic carbocycles. The summed E-state index contributed by atoms with van der Waals surface area (Å²) >= 11 is 0. The number of methoxy groups -OCH3 is 3. The van der Waals surface area contributed by atoms with Gasteiger partial charge in [-0.2, -0.15) is 5.26 Å². The van der Waals surface area contributed by atoms with E-state index in [0.29, 0.717) is 34.1 Å². The minimum Gasteiger partial charge on any atom is -0.493 e. The third-order valence-corrected chi connectivity index (χ3v) is 3.75. The Kier molecular flexibility index (Phi) is 5.86. The quantitative estimate of drug-likeness (QED) is 0.464. The van der Waals surface area contributed by atoms with Crippen LogP contribution in [0.15, 0.2) is 17.3 Å². The Balaban J connectivity index is 2.91. The highest BCUT2D eigenvalue weighted by Gasteiger charge is 2.26. The Morgan fingerprint density at radius 2 is 1.85 bits per heavy atom. The summed E-state index contributed by atoms with van der Waals surface area (Å²) in [6.45, 7) is 1.39. The molecule has 0 aliphatic heterocycles. The van der Waals surface area contributed by atoms with Crippen LogP contribution in [0.25, 0.3) is 11.1 Å². The van der Waals surface area contributed by atoms with Gasteiger partial charge in [-0.05, 0) is 19.1 Å². The van der Waals surface area contributed by atoms with E-state index in [2.05, 4.69) is 10.1 Å². The van der Waals surface area contributed by atoms with Gasteiger partial charge < -0.3 is 24.0 Å². The van der Waals surface area contributed by atoms with E-state index in [1.54, 1.807) is 12.1 Å². The van der Waals surface area contributed by atoms with Gasteiger partial charge >= 0.3 is 0 Å². The number of carbonyl (C=O) groups is 1. The Morgan fingerprint density at radius 1 is 1.15 bits per heavy atom. The standard InChI is InChI=1S/C18H19N3O5/c1-10(22)15-12(8-19)21-13(9-20-26-5)16(15)11-6-7-14(23-2)18(25-4)17(11)24-3/h6-7,9,21H,1-5H3/b20-9+. The van der Waals surface area contributed by atoms with Crippen LogP contribution in [0.1, 0.15) is 28.7 Å². The molecular formula is C18H19N3O5. The van der Waals surface area contributed by atoms with Crippen molar-refractivity contribution in [3.63, 3.8) is 0 Å². The van der Waals surface area contributed by atoms with Crippen molar-refractivity contribution in [2.24, 2.45) is 5.16 Å². The second-order valence-corrected chi connectivity index (χ2v) is 5.13. The average Bonchev–Trinajstić information content (AvgIpc) is 3.03. The number of oxime groups is 1. The molecule has 0 atom stereocenters. The first kappa shape index (κ1) is 18.9. The Morgan fingerprint density at radius 3 is 2.35 bits per heavy atom. The van der Waals surface area contributed by atoms with E-state index in [4.69, 9.17) is 19.0 Å². The van der Waals surface area contributed by atoms with Gasteiger partial charge in [0, 0.05) is 11.1 Å². The fourth-order valence-corrected chi connectivity index (χ4v) is 2.74. The van der Waals surface area contributed by atoms with Crippen LogP contribution in [0.5, 0.6) is 17.2 Å². The zero-order chi connectivity index (χ0) is 19.3. The minimum absolute atomic E-state index is 0.127. The van der Waals surface area contributed by atoms with Crippen molar-refractivity contribution < 1.29 is 23.8 Å². The number of hydrogen-bond acceptors (Lipinski definition) is 7. The molecule has 1 aromatic carbocycles. The minimum atomic E-state index is -0.276. The molecule has 0 spiro atoms. The molecule has 136 valence electrons. The van der Waals surface area contributed by atoms with E-state index in [-0.39, 0.29) is 17.0 Å². The molecule has 1 N–H and O–H groups in total. The lowest BCUT2D eigenvalue weighted by atomic mass is 9.96. The molecule has 26 heavy (non-hydrogen) atoms. The molecule has 0 radical (unpaired) electrons. The summed E-state index contributed by atoms with van der Waals surface area (Å²) in [7, 11) is 5.88. The van der Waals surface area contributed by atoms with E-state index in [1.807, 2.05) is 6.07 Å². The average molecular weight is 357 g/mol. The number of ketones is 1. The predicted molar refractivity (Wildman–Crippen MR) is 95.2 cm³/mol. The molecule has 1 aromatic heterocycles. The van der Waals surface area contributed by atoms with Crippen molar-refractivity contribution in [2.45, 2.75) is 6.92 Å². The molecule has 0 fully saturated rings. The molecule has 2 aromatic rings. The van der Waals surface area contributed by atoms with Crippen molar-refractivity contribution in [1.29, 1.82) is 5.26 Å². The van der Waals surface area contributed by atoms with Gasteiger partial charge in [0.15, 0.2) is 17.3 Å². The molecule has 8 nitrogen and oxygen atoms in total. The van der Waals surface area contributed by atoms with Gasteiger partial charge in [0.05, 0.1) is 38.8 Å². The van der Waals surface area contributed by atoms with E-state index in [9.17, 15) is 10.1 Å². The van der Waals surface area contributed by atoms with Crippen LogP contribution in [-0.2, 0) is 4.84 Å². The molecule has 0 saturated heterocycles. The van der Waals surface area contributed by atoms with Crippen LogP contribution in [0.4, 0.5) is 0 Å². The summed E-state index contributed by atoms with van der Waals surface area (Å²) in [6, 6.07) is 5.41. The highest BCUT2D eigenvalue weighted by Crippen LogP contribution is 2.46. The van der Waals surface area contributed by atoms with Gasteiger partial charge in [0.2, 0.25) is 5.75 Å². The van der Waals surface area contributed by atoms with Crippen molar-refractivity contribution in [3.8, 4) is 34.4 Å². The lowest BCUT2D eigenvalue weighted by Gasteiger charge is -2.16. The summed E-state index contributed by atoms with van der Waals surface area (Å²) in [5.74, 6) is 0.934. The van der Waals surface area contributed by atoms with Crippen molar-refractivity contribution >= 4 is 12.0 Å². The number of carbonyl (C=O) groups excluding carboxylic acids is 1. The van der Waals surface area contributed by atoms with E-state index < -0.39 is 0 Å². The van der Waals surface area contributed by atoms with Crippen LogP contribution in [0.3, 0.4) is 0 Å². The predicted octanol–water partition coefficient (Wildman–Crippen LogP) is 2.76. The highest BCUT2D eigenvalue weighted by atomic mass is 16.6. The lowest BCUT2D eigenvalue weighted by Crippen LogP contribution is -2.01. The summed E-state index contributed by atoms with van der Waals surface area (Å²) < 4.78 is 16.2. The van der Waals surface area contributed by atoms with E-state index in [0.717, 1.165) is 0 Å². The van der Waals surface area contributed by atoms with Crippen molar-refractivity contribution in [1.82, 2.24) is 4.98 Å². The lowest BCUT2D eigenvalue weighted by molar-refractivity contribution is 0.101. The second-order valence-electron chi connectivity index (χ2n) is 5.13. The third-order valence-electron chi connectivity index (χ3n) is 3.75. The summed E-state index contributed by atoms with van der Waals surface area (Å²) in [6.07, 6.45) is 1.39. The molecule has 0 unspecified atom stereocenters. The summed E-state index contributed by atoms with van der Waals surface area (Å²) in [4.78, 5) is 19.9. The molecule has 8 heteroatoms. The second kappa shape index (κ2) is 8.07. The summed E-state index contributed by atoms with van der Waals surface area (Å²) in [5, 5.41) is 13.1. The van der Waals surface area contributed by atoms with Gasteiger partial charge in [0.1, 0.15) is 18.9 Å². The maximum absolute atomic E-state index is 12.2. The number of nitrogens with one attached hydrogen (secondary N) is 1. The number of H-pyrrole nitrogens is 1. The molecular weight excluding hydrogens is 338 g/mol. The monoisotopic (exact) mass is 357 g/mol. The maximum Gasteiger partial charge on any atom is 0.203 e. The number of benzene rings is 1. The zero-order valence-corrected chi connectivity index (χ0v) is 15.2. The van der Waals surface area contributed by atoms with E-state index in [1.165, 1.54) is 41.6 Å². The molecule has 1 heterocycles. The number of Topliss-reactive ketones (excluding diaryl/α,β-unsaturated/α-hetero) is 1. The smallest absolute Gasteiger partial charge is 0.203 e. The van der Waals surface area contributed by atoms with Crippen LogP contribution in [0, 0.1) is 11.3 Å². The Hall–Kier alpha value is -3.47. The number of nitriles is 1. The SMILES string of the molecule is CO/N=C/c1[nH]c(C#N)c(C(C)=O)c1-c1ccc(OC)c(OC)c1OC. The van der Waals surface area contributed by atoms with Gasteiger partial charge in [-0.3, -0.25) is 4.79 Å². The topological polar surface area (TPSA) is 106 Å². The number of ether oxygens (including phenoxy) is 3. The fourth-order valence-electron chi connectivity index (χ4n) is 2.74. The molecule has 0 amide bonds. The fraction of sp³-hybridized carbons (Fsp3) is 0.278. The Bertz CT molecular complexity index is 893. The number of aromatic nitrogens is 1. The Labute approximate surface area is 150 Å². The maximum atomic E-state index is 12.2. The number of nitrogens with zero attached hydrogens (tertiary/aromatic N) is 2. The third kappa shape index (κ3) is 3.19. The first-order valence-electron chi connectivity index (χ1n) is 7.56. The first-order valence-corrected chi connectivity index (χ1v) is 7.56. The first-order chi connectivity index (χ1) is 12.5. The van der Waals surface area contributed by atoms with Gasteiger partial charge in [-0.1, -0.05) is 5.16 Å². The number of hydrogen-bond donors (Lipinski definition) is 1. The molecule has 0 bridgehead atoms. The van der Waals surface area contributed by atoms with Crippen LogP contribution in [0.2, 0.25) is 0 Å². The van der Waals surface area contributed by atoms with E-state index >= 15 is 0 Å². The zero-order valence-electron chi connectivity index (χ0n) is 15.2. The molecule has 0 aliphatic rings. The largest absolute Gasteiger partial charge is 0.493 e. The van der Waals surface area contributed by atoms with Gasteiger partial charge in [0.25, 0.3) is 0 Å². The number of aromatic amines is 1. The molecule has 0 saturated carbocycles. The normalized spacial score (nSPS) is 10.5. The van der Waals surface area contributed by atoms with Crippen LogP contribution < -0.4 is 14.2 Å². The highest BCUT2D eigenvalue weighted by molar-refractivity contribution is 6.08. The van der Waals surface area contributed by atoms with Crippen molar-refractivity contribution in [2.75, 3.05) is 28.4 Å². The van der Waals surface area contributed by atoms with Crippen LogP contribution >= 0.6 is 0 Å². The van der Waals surface area contributed by atoms with Gasteiger partial charge in [-0.25, -0.2) is 0 Å². The molecule has 2 rings (SSSR count). The summed E-state index contributed by atoms with van der Waals surface area (Å²) in [5.41, 5.74) is 1.80. The van der Waals surface area contributed by atoms with Crippen LogP contribution in [-0.4, -0.2) is 45.4 Å². The van der Waals surface area contributed by atoms with Crippen molar-refractivity contribution in [3.05, 3.63) is 29.1 Å².